The fraction of sp³-hybridized carbons (Fsp3) is 0.481. The van der Waals surface area contributed by atoms with Gasteiger partial charge < -0.3 is 48.7 Å². The number of carbonyl (C=O) groups is 2. The molecule has 7 rings (SSSR count). The highest BCUT2D eigenvalue weighted by Gasteiger charge is 2.65. The van der Waals surface area contributed by atoms with Crippen molar-refractivity contribution in [2.45, 2.75) is 88.2 Å². The molecule has 0 spiro atoms. The molecule has 2 aliphatic carbocycles. The van der Waals surface area contributed by atoms with Crippen LogP contribution in [0.25, 0.3) is 6.08 Å². The number of nitro benzene ring substituents is 1. The van der Waals surface area contributed by atoms with Crippen molar-refractivity contribution in [1.29, 1.82) is 0 Å². The molecule has 3 N–H and O–H groups in total. The first-order chi connectivity index (χ1) is 33.2. The maximum atomic E-state index is 15.0. The normalized spacial score (nSPS) is 24.6. The van der Waals surface area contributed by atoms with Crippen LogP contribution in [0.1, 0.15) is 91.6 Å². The van der Waals surface area contributed by atoms with E-state index < -0.39 is 34.9 Å². The van der Waals surface area contributed by atoms with Crippen LogP contribution in [0, 0.1) is 27.9 Å². The van der Waals surface area contributed by atoms with Gasteiger partial charge in [-0.1, -0.05) is 42.3 Å². The van der Waals surface area contributed by atoms with Crippen LogP contribution in [0.15, 0.2) is 102 Å². The molecule has 2 heterocycles. The molecule has 1 saturated carbocycles. The summed E-state index contributed by atoms with van der Waals surface area (Å²) in [6, 6.07) is 17.5. The molecule has 364 valence electrons. The van der Waals surface area contributed by atoms with E-state index in [4.69, 9.17) is 33.7 Å². The predicted octanol–water partition coefficient (Wildman–Crippen LogP) is 7.91. The molecular formula is C52H63N3O13. The maximum Gasteiger partial charge on any atom is 0.269 e. The van der Waals surface area contributed by atoms with Crippen LogP contribution >= 0.6 is 0 Å². The summed E-state index contributed by atoms with van der Waals surface area (Å²) in [6.07, 6.45) is 13.9. The van der Waals surface area contributed by atoms with Crippen LogP contribution in [0.5, 0.6) is 17.2 Å². The number of rotatable bonds is 25. The van der Waals surface area contributed by atoms with Crippen LogP contribution in [0.4, 0.5) is 5.69 Å². The largest absolute Gasteiger partial charge is 0.459 e. The lowest BCUT2D eigenvalue weighted by molar-refractivity contribution is -0.384. The average Bonchev–Trinajstić information content (AvgIpc) is 3.36. The van der Waals surface area contributed by atoms with E-state index in [0.29, 0.717) is 60.0 Å². The van der Waals surface area contributed by atoms with Gasteiger partial charge in [0.2, 0.25) is 18.0 Å². The number of aldehydes is 1. The van der Waals surface area contributed by atoms with Crippen LogP contribution in [0.3, 0.4) is 0 Å². The minimum Gasteiger partial charge on any atom is -0.459 e. The first-order valence-corrected chi connectivity index (χ1v) is 23.7. The Bertz CT molecular complexity index is 2280. The molecule has 2 aliphatic heterocycles. The third-order valence-electron chi connectivity index (χ3n) is 13.2. The highest BCUT2D eigenvalue weighted by atomic mass is 16.8. The Kier molecular flexibility index (Phi) is 18.1. The number of ether oxygens (including phenoxy) is 5. The van der Waals surface area contributed by atoms with Gasteiger partial charge in [-0.2, -0.15) is 0 Å². The van der Waals surface area contributed by atoms with Crippen molar-refractivity contribution in [2.24, 2.45) is 22.9 Å². The number of hydrogen-bond acceptors (Lipinski definition) is 14. The molecule has 4 aliphatic rings. The monoisotopic (exact) mass is 937 g/mol. The summed E-state index contributed by atoms with van der Waals surface area (Å²) in [5, 5.41) is 45.9. The molecule has 16 heteroatoms. The predicted molar refractivity (Wildman–Crippen MR) is 253 cm³/mol. The smallest absolute Gasteiger partial charge is 0.269 e. The van der Waals surface area contributed by atoms with Crippen molar-refractivity contribution in [3.63, 3.8) is 0 Å². The highest BCUT2D eigenvalue weighted by Crippen LogP contribution is 2.62. The summed E-state index contributed by atoms with van der Waals surface area (Å²) < 4.78 is 32.7. The van der Waals surface area contributed by atoms with E-state index in [2.05, 4.69) is 12.7 Å². The summed E-state index contributed by atoms with van der Waals surface area (Å²) in [5.74, 6) is -1.50. The number of nitro groups is 1. The summed E-state index contributed by atoms with van der Waals surface area (Å²) in [5.41, 5.74) is 3.25. The van der Waals surface area contributed by atoms with Gasteiger partial charge in [-0.3, -0.25) is 19.7 Å². The van der Waals surface area contributed by atoms with Crippen LogP contribution < -0.4 is 9.47 Å². The van der Waals surface area contributed by atoms with Gasteiger partial charge in [0, 0.05) is 67.9 Å². The van der Waals surface area contributed by atoms with E-state index in [1.165, 1.54) is 18.2 Å². The quantitative estimate of drug-likeness (QED) is 0.0185. The summed E-state index contributed by atoms with van der Waals surface area (Å²) in [7, 11) is 0. The number of aliphatic hydroxyl groups is 3. The minimum absolute atomic E-state index is 0.0182. The van der Waals surface area contributed by atoms with Crippen molar-refractivity contribution in [2.75, 3.05) is 52.8 Å². The van der Waals surface area contributed by atoms with Crippen molar-refractivity contribution in [3.05, 3.63) is 124 Å². The van der Waals surface area contributed by atoms with Crippen LogP contribution in [-0.4, -0.2) is 114 Å². The average molecular weight is 938 g/mol. The van der Waals surface area contributed by atoms with E-state index in [9.17, 15) is 35.0 Å². The highest BCUT2D eigenvalue weighted by molar-refractivity contribution is 6.03. The van der Waals surface area contributed by atoms with Gasteiger partial charge >= 0.3 is 0 Å². The second-order valence-corrected chi connectivity index (χ2v) is 17.5. The first-order valence-electron chi connectivity index (χ1n) is 23.7. The Hall–Kier alpha value is -5.75. The van der Waals surface area contributed by atoms with E-state index in [1.54, 1.807) is 59.5 Å². The summed E-state index contributed by atoms with van der Waals surface area (Å²) in [4.78, 5) is 45.5. The molecule has 2 fully saturated rings. The molecule has 1 unspecified atom stereocenters. The Balaban J connectivity index is 1.43. The Labute approximate surface area is 397 Å². The topological polar surface area (TPSA) is 209 Å². The van der Waals surface area contributed by atoms with Gasteiger partial charge in [0.05, 0.1) is 49.6 Å². The molecule has 7 atom stereocenters. The Morgan fingerprint density at radius 3 is 2.47 bits per heavy atom. The lowest BCUT2D eigenvalue weighted by atomic mass is 9.55. The zero-order valence-electron chi connectivity index (χ0n) is 38.4. The molecular weight excluding hydrogens is 875 g/mol. The lowest BCUT2D eigenvalue weighted by Gasteiger charge is -2.60. The number of oxime groups is 1. The number of aliphatic hydroxyl groups excluding tert-OH is 3. The first kappa shape index (κ1) is 50.1. The molecule has 16 nitrogen and oxygen atoms in total. The molecule has 0 bridgehead atoms. The third-order valence-corrected chi connectivity index (χ3v) is 13.2. The minimum atomic E-state index is -1.57. The number of fused-ring (bicyclic) bond motifs is 2. The van der Waals surface area contributed by atoms with E-state index in [0.717, 1.165) is 55.9 Å². The van der Waals surface area contributed by atoms with Gasteiger partial charge in [0.25, 0.3) is 5.69 Å². The van der Waals surface area contributed by atoms with Gasteiger partial charge in [-0.25, -0.2) is 0 Å². The molecule has 0 radical (unpaired) electrons. The number of unbranched alkanes of at least 4 members (excludes halogenated alkanes) is 2. The molecule has 1 amide bonds. The lowest BCUT2D eigenvalue weighted by Crippen LogP contribution is -2.70. The number of carbonyl (C=O) groups excluding carboxylic acids is 2. The standard InChI is InChI=1S/C52H63N3O13/c1-2-27-65-52-47(54(23-29-63-30-26-58)48(60)22-17-36-15-18-39(19-16-36)55(61)62)34-45(53-68-49-14-5-8-28-64-49)43-32-38(11-3-6-24-56)42(13-4-7-25-57)50(51(43)52)44-33-41(20-21-46(44)67-52)66-40-12-9-10-37(31-40)35-59/h2,9-10,12,15-22,31-33,35,38,42,47,49-51,56-58H,1,3-8,11,13-14,23-30,34H2/t38-,42+,47-,49?,50+,51+,52+/m0/s1. The van der Waals surface area contributed by atoms with Crippen LogP contribution in [-0.2, 0) is 23.8 Å². The molecule has 0 aromatic heterocycles. The van der Waals surface area contributed by atoms with Crippen molar-refractivity contribution < 1.29 is 58.4 Å². The van der Waals surface area contributed by atoms with Gasteiger partial charge in [-0.05, 0) is 110 Å². The number of allylic oxidation sites excluding steroid dienone is 1. The summed E-state index contributed by atoms with van der Waals surface area (Å²) in [6.45, 7) is 4.63. The molecule has 1 saturated heterocycles. The SMILES string of the molecule is C=CCO[C@@]12Oc3ccc(Oc4cccc(C=O)c4)cc3[C@H]3[C@H](CCCCO)[C@@H](CCCCO)C=C(C(=NOC4CCCCO4)C[C@@H]1N(CCOCCO)C(=O)C=Cc1ccc([N+](=O)[O-])cc1)[C@H]32. The maximum absolute atomic E-state index is 15.0. The fourth-order valence-corrected chi connectivity index (χ4v) is 10.1. The van der Waals surface area contributed by atoms with Crippen molar-refractivity contribution in [1.82, 2.24) is 4.90 Å². The third kappa shape index (κ3) is 11.9. The second-order valence-electron chi connectivity index (χ2n) is 17.5. The Morgan fingerprint density at radius 2 is 1.75 bits per heavy atom. The number of non-ortho nitro benzene ring substituents is 1. The van der Waals surface area contributed by atoms with Gasteiger partial charge in [-0.15, -0.1) is 6.58 Å². The van der Waals surface area contributed by atoms with E-state index in [-0.39, 0.29) is 76.0 Å². The van der Waals surface area contributed by atoms with Crippen LogP contribution in [0.2, 0.25) is 0 Å². The number of amides is 1. The second kappa shape index (κ2) is 24.5. The fourth-order valence-electron chi connectivity index (χ4n) is 10.1. The van der Waals surface area contributed by atoms with Crippen molar-refractivity contribution in [3.8, 4) is 17.2 Å². The van der Waals surface area contributed by atoms with E-state index in [1.807, 2.05) is 12.1 Å². The van der Waals surface area contributed by atoms with Gasteiger partial charge in [0.15, 0.2) is 0 Å². The molecule has 68 heavy (non-hydrogen) atoms. The molecule has 3 aromatic carbocycles. The van der Waals surface area contributed by atoms with E-state index >= 15 is 0 Å². The number of benzene rings is 3. The van der Waals surface area contributed by atoms with Crippen molar-refractivity contribution >= 4 is 29.7 Å². The zero-order valence-corrected chi connectivity index (χ0v) is 38.4. The van der Waals surface area contributed by atoms with Gasteiger partial charge in [0.1, 0.15) is 29.6 Å². The Morgan fingerprint density at radius 1 is 0.956 bits per heavy atom. The number of hydrogen-bond donors (Lipinski definition) is 3. The molecule has 3 aromatic rings. The number of nitrogens with zero attached hydrogens (tertiary/aromatic N) is 3. The summed E-state index contributed by atoms with van der Waals surface area (Å²) >= 11 is 0. The zero-order chi connectivity index (χ0) is 47.9.